The second kappa shape index (κ2) is 11.9. The molecule has 0 fully saturated rings. The Hall–Kier alpha value is -1.84. The third-order valence-electron chi connectivity index (χ3n) is 3.47. The van der Waals surface area contributed by atoms with Crippen molar-refractivity contribution in [3.8, 4) is 5.75 Å². The van der Waals surface area contributed by atoms with E-state index in [1.165, 1.54) is 0 Å². The van der Waals surface area contributed by atoms with Gasteiger partial charge in [0.25, 0.3) is 5.91 Å². The van der Waals surface area contributed by atoms with Crippen LogP contribution in [0.15, 0.2) is 29.4 Å². The van der Waals surface area contributed by atoms with E-state index in [0.29, 0.717) is 6.54 Å². The van der Waals surface area contributed by atoms with Gasteiger partial charge in [0.2, 0.25) is 5.16 Å². The maximum absolute atomic E-state index is 11.9. The van der Waals surface area contributed by atoms with Crippen LogP contribution in [-0.2, 0) is 18.4 Å². The highest BCUT2D eigenvalue weighted by molar-refractivity contribution is 7.99. The van der Waals surface area contributed by atoms with Gasteiger partial charge in [0, 0.05) is 30.4 Å². The summed E-state index contributed by atoms with van der Waals surface area (Å²) in [5.41, 5.74) is 0.770. The van der Waals surface area contributed by atoms with Crippen LogP contribution in [0.1, 0.15) is 32.8 Å². The molecule has 10 heteroatoms. The Labute approximate surface area is 176 Å². The lowest BCUT2D eigenvalue weighted by Crippen LogP contribution is -2.43. The summed E-state index contributed by atoms with van der Waals surface area (Å²) in [5, 5.41) is 18.5. The van der Waals surface area contributed by atoms with Gasteiger partial charge in [-0.1, -0.05) is 30.0 Å². The minimum atomic E-state index is -0.263. The lowest BCUT2D eigenvalue weighted by Gasteiger charge is -2.20. The smallest absolute Gasteiger partial charge is 0.258 e. The number of ether oxygens (including phenoxy) is 1. The first-order valence-electron chi connectivity index (χ1n) is 8.93. The van der Waals surface area contributed by atoms with Gasteiger partial charge in [0.05, 0.1) is 0 Å². The van der Waals surface area contributed by atoms with E-state index in [0.717, 1.165) is 35.2 Å². The maximum atomic E-state index is 11.9. The van der Waals surface area contributed by atoms with E-state index >= 15 is 0 Å². The number of tetrazole rings is 1. The molecule has 0 atom stereocenters. The SMILES string of the molecule is Cl.Cn1nnnc1SCCCNCc1ccccc1OCC(=O)NC(C)(C)C. The van der Waals surface area contributed by atoms with Crippen molar-refractivity contribution in [1.29, 1.82) is 0 Å². The molecule has 2 aromatic rings. The van der Waals surface area contributed by atoms with Crippen molar-refractivity contribution >= 4 is 30.1 Å². The van der Waals surface area contributed by atoms with E-state index in [9.17, 15) is 4.79 Å². The standard InChI is InChI=1S/C18H28N6O2S.ClH/c1-18(2,3)20-16(25)13-26-15-9-6-5-8-14(15)12-19-10-7-11-27-17-21-22-23-24(17)4;/h5-6,8-9,19H,7,10-13H2,1-4H3,(H,20,25);1H. The molecule has 28 heavy (non-hydrogen) atoms. The van der Waals surface area contributed by atoms with Crippen LogP contribution in [0.25, 0.3) is 0 Å². The summed E-state index contributed by atoms with van der Waals surface area (Å²) >= 11 is 1.64. The van der Waals surface area contributed by atoms with Gasteiger partial charge in [0.1, 0.15) is 5.75 Å². The first kappa shape index (κ1) is 24.2. The summed E-state index contributed by atoms with van der Waals surface area (Å²) in [5.74, 6) is 1.54. The molecule has 2 rings (SSSR count). The molecule has 0 unspecified atom stereocenters. The van der Waals surface area contributed by atoms with Crippen LogP contribution in [0.5, 0.6) is 5.75 Å². The van der Waals surface area contributed by atoms with Crippen LogP contribution in [0.3, 0.4) is 0 Å². The average Bonchev–Trinajstić information content (AvgIpc) is 3.00. The molecule has 2 N–H and O–H groups in total. The largest absolute Gasteiger partial charge is 0.483 e. The Morgan fingerprint density at radius 2 is 2.04 bits per heavy atom. The third kappa shape index (κ3) is 8.90. The van der Waals surface area contributed by atoms with E-state index < -0.39 is 0 Å². The molecule has 0 aliphatic heterocycles. The van der Waals surface area contributed by atoms with Crippen molar-refractivity contribution in [2.75, 3.05) is 18.9 Å². The van der Waals surface area contributed by atoms with Crippen molar-refractivity contribution < 1.29 is 9.53 Å². The highest BCUT2D eigenvalue weighted by atomic mass is 35.5. The van der Waals surface area contributed by atoms with Crippen LogP contribution >= 0.6 is 24.2 Å². The number of halogens is 1. The third-order valence-corrected chi connectivity index (χ3v) is 4.57. The van der Waals surface area contributed by atoms with E-state index in [4.69, 9.17) is 4.74 Å². The number of aromatic nitrogens is 4. The molecule has 0 spiro atoms. The number of rotatable bonds is 10. The monoisotopic (exact) mass is 428 g/mol. The molecule has 1 aromatic heterocycles. The van der Waals surface area contributed by atoms with E-state index in [1.54, 1.807) is 16.4 Å². The van der Waals surface area contributed by atoms with Gasteiger partial charge in [-0.3, -0.25) is 4.79 Å². The number of nitrogens with zero attached hydrogens (tertiary/aromatic N) is 4. The highest BCUT2D eigenvalue weighted by Gasteiger charge is 2.14. The predicted molar refractivity (Wildman–Crippen MR) is 113 cm³/mol. The molecule has 0 aliphatic rings. The summed E-state index contributed by atoms with van der Waals surface area (Å²) in [6.45, 7) is 7.41. The van der Waals surface area contributed by atoms with Crippen molar-refractivity contribution in [3.63, 3.8) is 0 Å². The number of nitrogens with one attached hydrogen (secondary N) is 2. The van der Waals surface area contributed by atoms with E-state index in [2.05, 4.69) is 26.2 Å². The molecular weight excluding hydrogens is 400 g/mol. The molecule has 0 radical (unpaired) electrons. The molecule has 1 amide bonds. The van der Waals surface area contributed by atoms with Crippen molar-refractivity contribution in [3.05, 3.63) is 29.8 Å². The van der Waals surface area contributed by atoms with E-state index in [-0.39, 0.29) is 30.5 Å². The Kier molecular flexibility index (Phi) is 10.3. The fraction of sp³-hybridized carbons (Fsp3) is 0.556. The molecular formula is C18H29ClN6O2S. The number of aryl methyl sites for hydroxylation is 1. The number of benzene rings is 1. The highest BCUT2D eigenvalue weighted by Crippen LogP contribution is 2.18. The molecule has 1 aromatic carbocycles. The predicted octanol–water partition coefficient (Wildman–Crippen LogP) is 2.20. The zero-order chi connectivity index (χ0) is 19.7. The molecule has 1 heterocycles. The zero-order valence-electron chi connectivity index (χ0n) is 16.8. The summed E-state index contributed by atoms with van der Waals surface area (Å²) in [6, 6.07) is 7.77. The number of thioether (sulfide) groups is 1. The lowest BCUT2D eigenvalue weighted by atomic mass is 10.1. The fourth-order valence-electron chi connectivity index (χ4n) is 2.32. The van der Waals surface area contributed by atoms with Gasteiger partial charge in [0.15, 0.2) is 6.61 Å². The minimum Gasteiger partial charge on any atom is -0.483 e. The topological polar surface area (TPSA) is 94.0 Å². The molecule has 0 aliphatic carbocycles. The first-order chi connectivity index (χ1) is 12.8. The fourth-order valence-corrected chi connectivity index (χ4v) is 3.10. The molecule has 0 saturated heterocycles. The lowest BCUT2D eigenvalue weighted by molar-refractivity contribution is -0.124. The number of carbonyl (C=O) groups is 1. The Morgan fingerprint density at radius 1 is 1.29 bits per heavy atom. The van der Waals surface area contributed by atoms with Crippen LogP contribution in [0, 0.1) is 0 Å². The number of para-hydroxylation sites is 1. The summed E-state index contributed by atoms with van der Waals surface area (Å²) in [7, 11) is 1.83. The van der Waals surface area contributed by atoms with Crippen LogP contribution in [0.2, 0.25) is 0 Å². The van der Waals surface area contributed by atoms with Crippen LogP contribution < -0.4 is 15.4 Å². The van der Waals surface area contributed by atoms with Crippen molar-refractivity contribution in [2.45, 2.75) is 44.4 Å². The van der Waals surface area contributed by atoms with E-state index in [1.807, 2.05) is 52.1 Å². The Morgan fingerprint density at radius 3 is 2.71 bits per heavy atom. The summed E-state index contributed by atoms with van der Waals surface area (Å²) in [4.78, 5) is 11.9. The summed E-state index contributed by atoms with van der Waals surface area (Å²) < 4.78 is 7.37. The number of hydrogen-bond donors (Lipinski definition) is 2. The van der Waals surface area contributed by atoms with Crippen molar-refractivity contribution in [1.82, 2.24) is 30.8 Å². The van der Waals surface area contributed by atoms with Crippen molar-refractivity contribution in [2.24, 2.45) is 7.05 Å². The second-order valence-electron chi connectivity index (χ2n) is 7.16. The second-order valence-corrected chi connectivity index (χ2v) is 8.22. The minimum absolute atomic E-state index is 0. The number of hydrogen-bond acceptors (Lipinski definition) is 7. The quantitative estimate of drug-likeness (QED) is 0.442. The van der Waals surface area contributed by atoms with Gasteiger partial charge in [-0.25, -0.2) is 4.68 Å². The number of carbonyl (C=O) groups excluding carboxylic acids is 1. The Balaban J connectivity index is 0.00000392. The zero-order valence-corrected chi connectivity index (χ0v) is 18.4. The Bertz CT molecular complexity index is 735. The van der Waals surface area contributed by atoms with Gasteiger partial charge in [-0.05, 0) is 50.2 Å². The van der Waals surface area contributed by atoms with Gasteiger partial charge < -0.3 is 15.4 Å². The van der Waals surface area contributed by atoms with Gasteiger partial charge >= 0.3 is 0 Å². The number of amides is 1. The van der Waals surface area contributed by atoms with Gasteiger partial charge in [-0.15, -0.1) is 17.5 Å². The summed E-state index contributed by atoms with van der Waals surface area (Å²) in [6.07, 6.45) is 0.995. The van der Waals surface area contributed by atoms with Crippen LogP contribution in [-0.4, -0.2) is 50.6 Å². The van der Waals surface area contributed by atoms with Crippen LogP contribution in [0.4, 0.5) is 0 Å². The molecule has 0 saturated carbocycles. The van der Waals surface area contributed by atoms with Gasteiger partial charge in [-0.2, -0.15) is 0 Å². The molecule has 0 bridgehead atoms. The maximum Gasteiger partial charge on any atom is 0.258 e. The normalized spacial score (nSPS) is 11.0. The average molecular weight is 429 g/mol. The molecule has 8 nitrogen and oxygen atoms in total. The first-order valence-corrected chi connectivity index (χ1v) is 9.91. The molecule has 156 valence electrons.